The van der Waals surface area contributed by atoms with Crippen molar-refractivity contribution in [1.29, 1.82) is 0 Å². The van der Waals surface area contributed by atoms with Crippen LogP contribution in [0.4, 0.5) is 21.5 Å². The highest BCUT2D eigenvalue weighted by Gasteiger charge is 2.12. The smallest absolute Gasteiger partial charge is 0.256 e. The third kappa shape index (κ3) is 3.98. The molecule has 0 atom stereocenters. The fraction of sp³-hybridized carbons (Fsp3) is 0. The highest BCUT2D eigenvalue weighted by Crippen LogP contribution is 2.22. The van der Waals surface area contributed by atoms with Crippen LogP contribution >= 0.6 is 0 Å². The van der Waals surface area contributed by atoms with Crippen molar-refractivity contribution in [3.05, 3.63) is 102 Å². The second-order valence-corrected chi connectivity index (χ2v) is 6.74. The van der Waals surface area contributed by atoms with Gasteiger partial charge in [-0.05, 0) is 59.3 Å². The topological polar surface area (TPSA) is 84.2 Å². The number of anilines is 3. The van der Waals surface area contributed by atoms with E-state index in [1.807, 2.05) is 36.4 Å². The quantitative estimate of drug-likeness (QED) is 0.419. The number of fused-ring (bicyclic) bond motifs is 1. The molecule has 4 rings (SSSR count). The average molecular weight is 399 g/mol. The first-order valence-electron chi connectivity index (χ1n) is 9.27. The lowest BCUT2D eigenvalue weighted by atomic mass is 10.0. The lowest BCUT2D eigenvalue weighted by Gasteiger charge is -2.10. The summed E-state index contributed by atoms with van der Waals surface area (Å²) in [5, 5.41) is 7.27. The van der Waals surface area contributed by atoms with Crippen molar-refractivity contribution in [2.45, 2.75) is 0 Å². The van der Waals surface area contributed by atoms with Crippen LogP contribution in [0.25, 0.3) is 10.8 Å². The number of carbonyl (C=O) groups is 2. The molecule has 0 fully saturated rings. The Bertz CT molecular complexity index is 1250. The van der Waals surface area contributed by atoms with E-state index in [0.717, 1.165) is 16.8 Å². The minimum absolute atomic E-state index is 0.202. The molecule has 0 aromatic heterocycles. The molecule has 0 aliphatic heterocycles. The molecule has 0 radical (unpaired) electrons. The number of nitrogens with one attached hydrogen (secondary N) is 2. The van der Waals surface area contributed by atoms with Crippen LogP contribution in [0.15, 0.2) is 84.9 Å². The van der Waals surface area contributed by atoms with Gasteiger partial charge in [0.2, 0.25) is 0 Å². The van der Waals surface area contributed by atoms with Gasteiger partial charge < -0.3 is 16.4 Å². The van der Waals surface area contributed by atoms with Gasteiger partial charge in [0.05, 0.1) is 11.4 Å². The molecule has 0 bridgehead atoms. The summed E-state index contributed by atoms with van der Waals surface area (Å²) in [4.78, 5) is 25.1. The van der Waals surface area contributed by atoms with Gasteiger partial charge in [0.15, 0.2) is 0 Å². The van der Waals surface area contributed by atoms with E-state index < -0.39 is 11.7 Å². The van der Waals surface area contributed by atoms with E-state index in [4.69, 9.17) is 5.73 Å². The molecule has 0 saturated heterocycles. The summed E-state index contributed by atoms with van der Waals surface area (Å²) >= 11 is 0. The highest BCUT2D eigenvalue weighted by molar-refractivity contribution is 6.13. The Hall–Kier alpha value is -4.19. The van der Waals surface area contributed by atoms with Crippen LogP contribution in [0.5, 0.6) is 0 Å². The lowest BCUT2D eigenvalue weighted by molar-refractivity contribution is 0.102. The number of rotatable bonds is 4. The number of hydrogen-bond donors (Lipinski definition) is 3. The third-order valence-corrected chi connectivity index (χ3v) is 4.70. The summed E-state index contributed by atoms with van der Waals surface area (Å²) in [6.45, 7) is 0. The summed E-state index contributed by atoms with van der Waals surface area (Å²) < 4.78 is 13.4. The zero-order valence-corrected chi connectivity index (χ0v) is 15.9. The van der Waals surface area contributed by atoms with Crippen LogP contribution < -0.4 is 16.4 Å². The van der Waals surface area contributed by atoms with E-state index in [0.29, 0.717) is 16.8 Å². The van der Waals surface area contributed by atoms with Crippen molar-refractivity contribution in [2.24, 2.45) is 0 Å². The standard InChI is InChI=1S/C24H18FN3O2/c25-17-10-13-21(26)22(14-17)28-23(29)16-8-11-18(12-9-16)27-24(30)20-7-3-5-15-4-1-2-6-19(15)20/h1-14H,26H2,(H,27,30)(H,28,29). The maximum atomic E-state index is 13.4. The second-order valence-electron chi connectivity index (χ2n) is 6.74. The van der Waals surface area contributed by atoms with Gasteiger partial charge in [0, 0.05) is 16.8 Å². The van der Waals surface area contributed by atoms with Crippen molar-refractivity contribution in [3.63, 3.8) is 0 Å². The van der Waals surface area contributed by atoms with Gasteiger partial charge in [-0.3, -0.25) is 9.59 Å². The minimum atomic E-state index is -0.494. The Morgan fingerprint density at radius 1 is 0.767 bits per heavy atom. The Labute approximate surface area is 172 Å². The van der Waals surface area contributed by atoms with E-state index in [2.05, 4.69) is 10.6 Å². The van der Waals surface area contributed by atoms with Crippen molar-refractivity contribution in [3.8, 4) is 0 Å². The Morgan fingerprint density at radius 3 is 2.30 bits per heavy atom. The van der Waals surface area contributed by atoms with E-state index in [1.165, 1.54) is 12.1 Å². The zero-order valence-electron chi connectivity index (χ0n) is 15.9. The fourth-order valence-corrected chi connectivity index (χ4v) is 3.16. The molecular weight excluding hydrogens is 381 g/mol. The molecule has 4 aromatic carbocycles. The monoisotopic (exact) mass is 399 g/mol. The fourth-order valence-electron chi connectivity index (χ4n) is 3.16. The van der Waals surface area contributed by atoms with Gasteiger partial charge in [0.25, 0.3) is 11.8 Å². The minimum Gasteiger partial charge on any atom is -0.397 e. The van der Waals surface area contributed by atoms with Crippen molar-refractivity contribution >= 4 is 39.6 Å². The van der Waals surface area contributed by atoms with E-state index in [-0.39, 0.29) is 17.3 Å². The van der Waals surface area contributed by atoms with Crippen molar-refractivity contribution < 1.29 is 14.0 Å². The predicted molar refractivity (Wildman–Crippen MR) is 117 cm³/mol. The molecule has 4 aromatic rings. The molecule has 0 aliphatic rings. The summed E-state index contributed by atoms with van der Waals surface area (Å²) in [5.74, 6) is -1.17. The number of nitrogen functional groups attached to an aromatic ring is 1. The van der Waals surface area contributed by atoms with E-state index in [9.17, 15) is 14.0 Å². The first-order valence-corrected chi connectivity index (χ1v) is 9.27. The van der Waals surface area contributed by atoms with Gasteiger partial charge >= 0.3 is 0 Å². The first-order chi connectivity index (χ1) is 14.5. The van der Waals surface area contributed by atoms with Crippen molar-refractivity contribution in [2.75, 3.05) is 16.4 Å². The number of amides is 2. The molecule has 0 spiro atoms. The van der Waals surface area contributed by atoms with Gasteiger partial charge in [-0.15, -0.1) is 0 Å². The van der Waals surface area contributed by atoms with Gasteiger partial charge in [-0.25, -0.2) is 4.39 Å². The van der Waals surface area contributed by atoms with E-state index in [1.54, 1.807) is 30.3 Å². The van der Waals surface area contributed by atoms with Crippen LogP contribution in [-0.2, 0) is 0 Å². The normalized spacial score (nSPS) is 10.6. The summed E-state index contributed by atoms with van der Waals surface area (Å²) in [6, 6.07) is 23.4. The molecule has 6 heteroatoms. The molecule has 0 heterocycles. The maximum Gasteiger partial charge on any atom is 0.256 e. The average Bonchev–Trinajstić information content (AvgIpc) is 2.76. The maximum absolute atomic E-state index is 13.4. The van der Waals surface area contributed by atoms with Gasteiger partial charge in [0.1, 0.15) is 5.82 Å². The molecule has 2 amide bonds. The summed E-state index contributed by atoms with van der Waals surface area (Å²) in [7, 11) is 0. The molecule has 148 valence electrons. The number of carbonyl (C=O) groups excluding carboxylic acids is 2. The molecule has 4 N–H and O–H groups in total. The SMILES string of the molecule is Nc1ccc(F)cc1NC(=O)c1ccc(NC(=O)c2cccc3ccccc23)cc1. The molecule has 0 aliphatic carbocycles. The van der Waals surface area contributed by atoms with Crippen LogP contribution in [-0.4, -0.2) is 11.8 Å². The van der Waals surface area contributed by atoms with Crippen LogP contribution in [0.3, 0.4) is 0 Å². The van der Waals surface area contributed by atoms with Gasteiger partial charge in [-0.1, -0.05) is 36.4 Å². The van der Waals surface area contributed by atoms with Gasteiger partial charge in [-0.2, -0.15) is 0 Å². The third-order valence-electron chi connectivity index (χ3n) is 4.70. The molecule has 30 heavy (non-hydrogen) atoms. The number of hydrogen-bond acceptors (Lipinski definition) is 3. The molecule has 0 unspecified atom stereocenters. The Morgan fingerprint density at radius 2 is 1.50 bits per heavy atom. The lowest BCUT2D eigenvalue weighted by Crippen LogP contribution is -2.14. The number of benzene rings is 4. The van der Waals surface area contributed by atoms with Crippen molar-refractivity contribution in [1.82, 2.24) is 0 Å². The number of nitrogens with two attached hydrogens (primary N) is 1. The van der Waals surface area contributed by atoms with Crippen LogP contribution in [0.1, 0.15) is 20.7 Å². The second kappa shape index (κ2) is 8.05. The zero-order chi connectivity index (χ0) is 21.1. The largest absolute Gasteiger partial charge is 0.397 e. The predicted octanol–water partition coefficient (Wildman–Crippen LogP) is 5.07. The molecular formula is C24H18FN3O2. The number of halogens is 1. The highest BCUT2D eigenvalue weighted by atomic mass is 19.1. The molecule has 0 saturated carbocycles. The first kappa shape index (κ1) is 19.1. The summed E-state index contributed by atoms with van der Waals surface area (Å²) in [6.07, 6.45) is 0. The summed E-state index contributed by atoms with van der Waals surface area (Å²) in [5.41, 5.74) is 7.70. The van der Waals surface area contributed by atoms with Crippen LogP contribution in [0, 0.1) is 5.82 Å². The Balaban J connectivity index is 1.49. The van der Waals surface area contributed by atoms with E-state index >= 15 is 0 Å². The van der Waals surface area contributed by atoms with Crippen LogP contribution in [0.2, 0.25) is 0 Å². The Kier molecular flexibility index (Phi) is 5.13. The molecule has 5 nitrogen and oxygen atoms in total.